The van der Waals surface area contributed by atoms with Gasteiger partial charge in [-0.2, -0.15) is 0 Å². The van der Waals surface area contributed by atoms with Gasteiger partial charge >= 0.3 is 6.09 Å². The maximum absolute atomic E-state index is 12.0. The van der Waals surface area contributed by atoms with Crippen LogP contribution in [-0.4, -0.2) is 34.5 Å². The normalized spacial score (nSPS) is 25.3. The van der Waals surface area contributed by atoms with E-state index in [0.29, 0.717) is 4.83 Å². The Kier molecular flexibility index (Phi) is 4.50. The van der Waals surface area contributed by atoms with Gasteiger partial charge in [0.2, 0.25) is 0 Å². The molecule has 1 aliphatic heterocycles. The smallest absolute Gasteiger partial charge is 0.410 e. The first kappa shape index (κ1) is 14.8. The Morgan fingerprint density at radius 2 is 2.00 bits per heavy atom. The maximum Gasteiger partial charge on any atom is 0.410 e. The second-order valence-corrected chi connectivity index (χ2v) is 7.95. The van der Waals surface area contributed by atoms with Crippen molar-refractivity contribution in [1.82, 2.24) is 4.90 Å². The summed E-state index contributed by atoms with van der Waals surface area (Å²) in [6.45, 7) is 11.6. The molecule has 0 aliphatic carbocycles. The topological polar surface area (TPSA) is 29.5 Å². The Hall–Kier alpha value is -0.250. The molecule has 1 aliphatic rings. The van der Waals surface area contributed by atoms with Crippen molar-refractivity contribution in [2.45, 2.75) is 57.9 Å². The van der Waals surface area contributed by atoms with Crippen molar-refractivity contribution in [3.05, 3.63) is 0 Å². The van der Waals surface area contributed by atoms with Crippen molar-refractivity contribution in [3.63, 3.8) is 0 Å². The van der Waals surface area contributed by atoms with Crippen LogP contribution < -0.4 is 0 Å². The van der Waals surface area contributed by atoms with Gasteiger partial charge in [0.25, 0.3) is 0 Å². The number of hydrogen-bond donors (Lipinski definition) is 0. The largest absolute Gasteiger partial charge is 0.444 e. The van der Waals surface area contributed by atoms with E-state index in [1.807, 2.05) is 25.7 Å². The van der Waals surface area contributed by atoms with Gasteiger partial charge in [0.1, 0.15) is 5.60 Å². The number of carbonyl (C=O) groups excluding carboxylic acids is 1. The standard InChI is InChI=1S/C13H24BrNO2/c1-12(2,3)17-11(16)15-7-6-10(14)8-13(4,5)9-15/h10H,6-9H2,1-5H3. The van der Waals surface area contributed by atoms with Crippen molar-refractivity contribution < 1.29 is 9.53 Å². The first-order valence-electron chi connectivity index (χ1n) is 6.21. The van der Waals surface area contributed by atoms with E-state index >= 15 is 0 Å². The minimum absolute atomic E-state index is 0.140. The Labute approximate surface area is 113 Å². The van der Waals surface area contributed by atoms with Crippen LogP contribution >= 0.6 is 15.9 Å². The van der Waals surface area contributed by atoms with Crippen molar-refractivity contribution >= 4 is 22.0 Å². The summed E-state index contributed by atoms with van der Waals surface area (Å²) in [7, 11) is 0. The number of ether oxygens (including phenoxy) is 1. The molecule has 0 spiro atoms. The Morgan fingerprint density at radius 3 is 2.53 bits per heavy atom. The number of nitrogens with zero attached hydrogens (tertiary/aromatic N) is 1. The van der Waals surface area contributed by atoms with Gasteiger partial charge in [-0.25, -0.2) is 4.79 Å². The zero-order valence-corrected chi connectivity index (χ0v) is 13.1. The molecule has 1 heterocycles. The SMILES string of the molecule is CC1(C)CC(Br)CCN(C(=O)OC(C)(C)C)C1. The molecule has 0 radical (unpaired) electrons. The van der Waals surface area contributed by atoms with Gasteiger partial charge < -0.3 is 9.64 Å². The summed E-state index contributed by atoms with van der Waals surface area (Å²) >= 11 is 3.67. The molecule has 0 aromatic rings. The minimum Gasteiger partial charge on any atom is -0.444 e. The molecule has 1 fully saturated rings. The molecular weight excluding hydrogens is 282 g/mol. The Balaban J connectivity index is 2.67. The van der Waals surface area contributed by atoms with Crippen LogP contribution in [0.4, 0.5) is 4.79 Å². The van der Waals surface area contributed by atoms with Crippen molar-refractivity contribution in [2.24, 2.45) is 5.41 Å². The van der Waals surface area contributed by atoms with Crippen LogP contribution in [-0.2, 0) is 4.74 Å². The lowest BCUT2D eigenvalue weighted by atomic mass is 9.88. The zero-order valence-electron chi connectivity index (χ0n) is 11.5. The molecule has 1 unspecified atom stereocenters. The first-order valence-corrected chi connectivity index (χ1v) is 7.13. The lowest BCUT2D eigenvalue weighted by molar-refractivity contribution is 0.0200. The fourth-order valence-corrected chi connectivity index (χ4v) is 3.22. The van der Waals surface area contributed by atoms with Crippen LogP contribution in [0.3, 0.4) is 0 Å². The molecule has 0 N–H and O–H groups in total. The van der Waals surface area contributed by atoms with E-state index < -0.39 is 5.60 Å². The highest BCUT2D eigenvalue weighted by Gasteiger charge is 2.32. The van der Waals surface area contributed by atoms with Crippen LogP contribution in [0.1, 0.15) is 47.5 Å². The number of amides is 1. The molecule has 0 bridgehead atoms. The first-order chi connectivity index (χ1) is 7.59. The Bertz CT molecular complexity index is 284. The molecule has 0 aromatic heterocycles. The maximum atomic E-state index is 12.0. The average Bonchev–Trinajstić information content (AvgIpc) is 2.20. The highest BCUT2D eigenvalue weighted by Crippen LogP contribution is 2.32. The fourth-order valence-electron chi connectivity index (χ4n) is 2.14. The fraction of sp³-hybridized carbons (Fsp3) is 0.923. The number of carbonyl (C=O) groups is 1. The molecule has 17 heavy (non-hydrogen) atoms. The summed E-state index contributed by atoms with van der Waals surface area (Å²) in [5, 5.41) is 0. The van der Waals surface area contributed by atoms with Crippen LogP contribution in [0.25, 0.3) is 0 Å². The number of hydrogen-bond acceptors (Lipinski definition) is 2. The third-order valence-electron chi connectivity index (χ3n) is 2.76. The third-order valence-corrected chi connectivity index (χ3v) is 3.54. The van der Waals surface area contributed by atoms with Crippen LogP contribution in [0.2, 0.25) is 0 Å². The second-order valence-electron chi connectivity index (χ2n) is 6.66. The van der Waals surface area contributed by atoms with E-state index in [-0.39, 0.29) is 11.5 Å². The summed E-state index contributed by atoms with van der Waals surface area (Å²) in [6.07, 6.45) is 1.89. The minimum atomic E-state index is -0.415. The van der Waals surface area contributed by atoms with Crippen molar-refractivity contribution in [2.75, 3.05) is 13.1 Å². The highest BCUT2D eigenvalue weighted by molar-refractivity contribution is 9.09. The average molecular weight is 306 g/mol. The van der Waals surface area contributed by atoms with Gasteiger partial charge in [-0.3, -0.25) is 0 Å². The molecule has 0 aromatic carbocycles. The predicted molar refractivity (Wildman–Crippen MR) is 73.5 cm³/mol. The van der Waals surface area contributed by atoms with Crippen molar-refractivity contribution in [1.29, 1.82) is 0 Å². The van der Waals surface area contributed by atoms with Crippen molar-refractivity contribution in [3.8, 4) is 0 Å². The predicted octanol–water partition coefficient (Wildman–Crippen LogP) is 3.81. The number of likely N-dealkylation sites (tertiary alicyclic amines) is 1. The highest BCUT2D eigenvalue weighted by atomic mass is 79.9. The molecule has 4 heteroatoms. The molecule has 100 valence electrons. The molecular formula is C13H24BrNO2. The van der Waals surface area contributed by atoms with Gasteiger partial charge in [-0.1, -0.05) is 29.8 Å². The van der Waals surface area contributed by atoms with E-state index in [1.165, 1.54) is 0 Å². The lowest BCUT2D eigenvalue weighted by Gasteiger charge is -2.31. The zero-order chi connectivity index (χ0) is 13.3. The van der Waals surface area contributed by atoms with E-state index in [4.69, 9.17) is 4.74 Å². The lowest BCUT2D eigenvalue weighted by Crippen LogP contribution is -2.41. The van der Waals surface area contributed by atoms with Crippen LogP contribution in [0.15, 0.2) is 0 Å². The van der Waals surface area contributed by atoms with Gasteiger partial charge in [0.15, 0.2) is 0 Å². The Morgan fingerprint density at radius 1 is 1.41 bits per heavy atom. The van der Waals surface area contributed by atoms with E-state index in [9.17, 15) is 4.79 Å². The van der Waals surface area contributed by atoms with E-state index in [2.05, 4.69) is 29.8 Å². The summed E-state index contributed by atoms with van der Waals surface area (Å²) in [4.78, 5) is 14.4. The van der Waals surface area contributed by atoms with Gasteiger partial charge in [0.05, 0.1) is 0 Å². The van der Waals surface area contributed by atoms with Gasteiger partial charge in [-0.05, 0) is 39.0 Å². The van der Waals surface area contributed by atoms with Gasteiger partial charge in [0, 0.05) is 17.9 Å². The molecule has 1 amide bonds. The monoisotopic (exact) mass is 305 g/mol. The third kappa shape index (κ3) is 5.28. The number of alkyl halides is 1. The summed E-state index contributed by atoms with van der Waals surface area (Å²) < 4.78 is 5.43. The summed E-state index contributed by atoms with van der Waals surface area (Å²) in [6, 6.07) is 0. The molecule has 1 rings (SSSR count). The molecule has 1 saturated heterocycles. The van der Waals surface area contributed by atoms with Gasteiger partial charge in [-0.15, -0.1) is 0 Å². The van der Waals surface area contributed by atoms with E-state index in [1.54, 1.807) is 0 Å². The van der Waals surface area contributed by atoms with Crippen LogP contribution in [0.5, 0.6) is 0 Å². The molecule has 0 saturated carbocycles. The summed E-state index contributed by atoms with van der Waals surface area (Å²) in [5.74, 6) is 0. The molecule has 3 nitrogen and oxygen atoms in total. The number of halogens is 1. The molecule has 1 atom stereocenters. The number of rotatable bonds is 0. The van der Waals surface area contributed by atoms with Crippen LogP contribution in [0, 0.1) is 5.41 Å². The summed E-state index contributed by atoms with van der Waals surface area (Å²) in [5.41, 5.74) is -0.275. The van der Waals surface area contributed by atoms with E-state index in [0.717, 1.165) is 25.9 Å². The quantitative estimate of drug-likeness (QED) is 0.637. The second kappa shape index (κ2) is 5.17.